The number of benzene rings is 1. The highest BCUT2D eigenvalue weighted by Crippen LogP contribution is 2.34. The van der Waals surface area contributed by atoms with Crippen LogP contribution < -0.4 is 10.5 Å². The van der Waals surface area contributed by atoms with Gasteiger partial charge in [0.05, 0.1) is 6.61 Å². The van der Waals surface area contributed by atoms with Crippen molar-refractivity contribution in [2.45, 2.75) is 19.4 Å². The zero-order valence-corrected chi connectivity index (χ0v) is 9.49. The molecule has 1 aliphatic carbocycles. The van der Waals surface area contributed by atoms with E-state index in [2.05, 4.69) is 0 Å². The molecule has 3 heteroatoms. The molecular weight excluding hydrogens is 202 g/mol. The Balaban J connectivity index is 2.43. The molecule has 0 aromatic heterocycles. The lowest BCUT2D eigenvalue weighted by Crippen LogP contribution is -2.40. The third kappa shape index (κ3) is 1.53. The zero-order valence-electron chi connectivity index (χ0n) is 9.49. The van der Waals surface area contributed by atoms with Gasteiger partial charge >= 0.3 is 0 Å². The fraction of sp³-hybridized carbons (Fsp3) is 0.308. The molecule has 1 aromatic carbocycles. The monoisotopic (exact) mass is 217 g/mol. The van der Waals surface area contributed by atoms with Crippen LogP contribution in [0.3, 0.4) is 0 Å². The molecule has 1 aromatic rings. The van der Waals surface area contributed by atoms with Crippen molar-refractivity contribution < 1.29 is 9.53 Å². The number of carbonyl (C=O) groups excluding carboxylic acids is 1. The first-order valence-corrected chi connectivity index (χ1v) is 5.34. The summed E-state index contributed by atoms with van der Waals surface area (Å²) in [5, 5.41) is 0. The van der Waals surface area contributed by atoms with Gasteiger partial charge in [-0.25, -0.2) is 0 Å². The first-order chi connectivity index (χ1) is 7.58. The highest BCUT2D eigenvalue weighted by atomic mass is 16.5. The molecule has 0 spiro atoms. The van der Waals surface area contributed by atoms with E-state index in [1.54, 1.807) is 6.08 Å². The van der Waals surface area contributed by atoms with Gasteiger partial charge in [-0.3, -0.25) is 4.79 Å². The largest absolute Gasteiger partial charge is 0.494 e. The Morgan fingerprint density at radius 1 is 1.50 bits per heavy atom. The molecule has 0 heterocycles. The number of Topliss-reactive ketones (excluding diaryl/α,β-unsaturated/α-hetero) is 1. The Labute approximate surface area is 94.9 Å². The van der Waals surface area contributed by atoms with Crippen LogP contribution in [0.2, 0.25) is 0 Å². The summed E-state index contributed by atoms with van der Waals surface area (Å²) in [6, 6.07) is 5.62. The number of ether oxygens (including phenoxy) is 1. The lowest BCUT2D eigenvalue weighted by atomic mass is 9.89. The summed E-state index contributed by atoms with van der Waals surface area (Å²) < 4.78 is 5.40. The SMILES string of the molecule is CCOc1ccc2c(c1)C=C[C@]2(N)C(C)=O. The lowest BCUT2D eigenvalue weighted by Gasteiger charge is -2.20. The van der Waals surface area contributed by atoms with Gasteiger partial charge in [0.2, 0.25) is 0 Å². The fourth-order valence-corrected chi connectivity index (χ4v) is 1.93. The summed E-state index contributed by atoms with van der Waals surface area (Å²) >= 11 is 0. The van der Waals surface area contributed by atoms with Crippen LogP contribution in [0.1, 0.15) is 25.0 Å². The van der Waals surface area contributed by atoms with Crippen LogP contribution in [0.5, 0.6) is 5.75 Å². The summed E-state index contributed by atoms with van der Waals surface area (Å²) in [4.78, 5) is 11.5. The molecule has 0 aliphatic heterocycles. The van der Waals surface area contributed by atoms with E-state index in [0.717, 1.165) is 16.9 Å². The van der Waals surface area contributed by atoms with Crippen LogP contribution in [0.25, 0.3) is 6.08 Å². The van der Waals surface area contributed by atoms with E-state index in [9.17, 15) is 4.79 Å². The number of fused-ring (bicyclic) bond motifs is 1. The fourth-order valence-electron chi connectivity index (χ4n) is 1.93. The van der Waals surface area contributed by atoms with Gasteiger partial charge in [-0.1, -0.05) is 18.2 Å². The van der Waals surface area contributed by atoms with Crippen LogP contribution >= 0.6 is 0 Å². The predicted octanol–water partition coefficient (Wildman–Crippen LogP) is 1.86. The van der Waals surface area contributed by atoms with Crippen molar-refractivity contribution in [3.63, 3.8) is 0 Å². The van der Waals surface area contributed by atoms with Crippen molar-refractivity contribution in [1.82, 2.24) is 0 Å². The average Bonchev–Trinajstić information content (AvgIpc) is 2.58. The lowest BCUT2D eigenvalue weighted by molar-refractivity contribution is -0.120. The van der Waals surface area contributed by atoms with E-state index in [4.69, 9.17) is 10.5 Å². The van der Waals surface area contributed by atoms with E-state index in [-0.39, 0.29) is 5.78 Å². The molecule has 1 aliphatic rings. The van der Waals surface area contributed by atoms with Crippen LogP contribution in [-0.2, 0) is 10.3 Å². The van der Waals surface area contributed by atoms with Gasteiger partial charge < -0.3 is 10.5 Å². The quantitative estimate of drug-likeness (QED) is 0.840. The Morgan fingerprint density at radius 3 is 2.88 bits per heavy atom. The van der Waals surface area contributed by atoms with E-state index in [0.29, 0.717) is 6.61 Å². The van der Waals surface area contributed by atoms with Gasteiger partial charge in [0.25, 0.3) is 0 Å². The second-order valence-electron chi connectivity index (χ2n) is 3.94. The maximum absolute atomic E-state index is 11.5. The minimum absolute atomic E-state index is 0.0494. The van der Waals surface area contributed by atoms with Crippen LogP contribution in [-0.4, -0.2) is 12.4 Å². The van der Waals surface area contributed by atoms with Crippen molar-refractivity contribution in [3.05, 3.63) is 35.4 Å². The standard InChI is InChI=1S/C13H15NO2/c1-3-16-11-4-5-12-10(8-11)6-7-13(12,14)9(2)15/h4-8H,3,14H2,1-2H3/t13-/m0/s1. The molecule has 16 heavy (non-hydrogen) atoms. The number of hydrogen-bond acceptors (Lipinski definition) is 3. The summed E-state index contributed by atoms with van der Waals surface area (Å²) in [7, 11) is 0. The molecule has 0 radical (unpaired) electrons. The molecule has 0 unspecified atom stereocenters. The van der Waals surface area contributed by atoms with Crippen molar-refractivity contribution in [2.75, 3.05) is 6.61 Å². The van der Waals surface area contributed by atoms with Gasteiger partial charge in [0.15, 0.2) is 5.78 Å². The number of nitrogens with two attached hydrogens (primary N) is 1. The number of carbonyl (C=O) groups is 1. The van der Waals surface area contributed by atoms with E-state index in [1.165, 1.54) is 6.92 Å². The Morgan fingerprint density at radius 2 is 2.25 bits per heavy atom. The molecule has 0 amide bonds. The zero-order chi connectivity index (χ0) is 11.8. The highest BCUT2D eigenvalue weighted by Gasteiger charge is 2.35. The maximum atomic E-state index is 11.5. The minimum Gasteiger partial charge on any atom is -0.494 e. The topological polar surface area (TPSA) is 52.3 Å². The molecule has 0 bridgehead atoms. The minimum atomic E-state index is -0.958. The molecule has 1 atom stereocenters. The molecule has 2 rings (SSSR count). The van der Waals surface area contributed by atoms with Crippen molar-refractivity contribution in [2.24, 2.45) is 5.73 Å². The molecule has 84 valence electrons. The van der Waals surface area contributed by atoms with Gasteiger partial charge in [0.1, 0.15) is 11.3 Å². The van der Waals surface area contributed by atoms with Gasteiger partial charge in [-0.2, -0.15) is 0 Å². The van der Waals surface area contributed by atoms with Crippen LogP contribution in [0.15, 0.2) is 24.3 Å². The number of rotatable bonds is 3. The van der Waals surface area contributed by atoms with Crippen LogP contribution in [0, 0.1) is 0 Å². The third-order valence-electron chi connectivity index (χ3n) is 2.89. The first kappa shape index (κ1) is 10.9. The van der Waals surface area contributed by atoms with Gasteiger partial charge in [0, 0.05) is 0 Å². The Bertz CT molecular complexity index is 465. The Hall–Kier alpha value is -1.61. The van der Waals surface area contributed by atoms with Crippen LogP contribution in [0.4, 0.5) is 0 Å². The normalized spacial score (nSPS) is 21.9. The van der Waals surface area contributed by atoms with Gasteiger partial charge in [-0.15, -0.1) is 0 Å². The van der Waals surface area contributed by atoms with Crippen molar-refractivity contribution >= 4 is 11.9 Å². The van der Waals surface area contributed by atoms with E-state index >= 15 is 0 Å². The number of hydrogen-bond donors (Lipinski definition) is 1. The molecular formula is C13H15NO2. The summed E-state index contributed by atoms with van der Waals surface area (Å²) in [6.07, 6.45) is 3.62. The molecule has 0 saturated carbocycles. The van der Waals surface area contributed by atoms with Crippen molar-refractivity contribution in [1.29, 1.82) is 0 Å². The smallest absolute Gasteiger partial charge is 0.158 e. The van der Waals surface area contributed by atoms with E-state index < -0.39 is 5.54 Å². The van der Waals surface area contributed by atoms with Crippen molar-refractivity contribution in [3.8, 4) is 5.75 Å². The summed E-state index contributed by atoms with van der Waals surface area (Å²) in [6.45, 7) is 4.07. The average molecular weight is 217 g/mol. The molecule has 2 N–H and O–H groups in total. The first-order valence-electron chi connectivity index (χ1n) is 5.34. The Kier molecular flexibility index (Phi) is 2.56. The molecule has 3 nitrogen and oxygen atoms in total. The summed E-state index contributed by atoms with van der Waals surface area (Å²) in [5.74, 6) is 0.755. The predicted molar refractivity (Wildman–Crippen MR) is 63.2 cm³/mol. The number of ketones is 1. The second-order valence-corrected chi connectivity index (χ2v) is 3.94. The van der Waals surface area contributed by atoms with Gasteiger partial charge in [-0.05, 0) is 37.1 Å². The molecule has 0 fully saturated rings. The van der Waals surface area contributed by atoms with E-state index in [1.807, 2.05) is 31.2 Å². The maximum Gasteiger partial charge on any atom is 0.158 e. The highest BCUT2D eigenvalue weighted by molar-refractivity contribution is 5.94. The molecule has 0 saturated heterocycles. The second kappa shape index (κ2) is 3.76. The summed E-state index contributed by atoms with van der Waals surface area (Å²) in [5.41, 5.74) is 6.91. The third-order valence-corrected chi connectivity index (χ3v) is 2.89.